The van der Waals surface area contributed by atoms with Gasteiger partial charge in [0.25, 0.3) is 0 Å². The fourth-order valence-corrected chi connectivity index (χ4v) is 8.22. The van der Waals surface area contributed by atoms with Crippen molar-refractivity contribution in [3.8, 4) is 0 Å². The first-order valence-electron chi connectivity index (χ1n) is 12.1. The van der Waals surface area contributed by atoms with Crippen LogP contribution in [-0.4, -0.2) is 30.6 Å². The summed E-state index contributed by atoms with van der Waals surface area (Å²) in [7, 11) is 0. The summed E-state index contributed by atoms with van der Waals surface area (Å²) in [6.07, 6.45) is 15.8. The van der Waals surface area contributed by atoms with Crippen LogP contribution in [0.3, 0.4) is 0 Å². The molecule has 4 rings (SSSR count). The van der Waals surface area contributed by atoms with Gasteiger partial charge in [-0.3, -0.25) is 0 Å². The minimum atomic E-state index is -0.163. The predicted molar refractivity (Wildman–Crippen MR) is 118 cm³/mol. The normalized spacial score (nSPS) is 47.6. The van der Waals surface area contributed by atoms with Crippen molar-refractivity contribution in [1.29, 1.82) is 0 Å². The zero-order valence-electron chi connectivity index (χ0n) is 18.8. The molecule has 1 unspecified atom stereocenters. The summed E-state index contributed by atoms with van der Waals surface area (Å²) in [5.74, 6) is 3.71. The van der Waals surface area contributed by atoms with Gasteiger partial charge in [-0.15, -0.1) is 0 Å². The SMILES string of the molecule is CC(/C=N/OCCN)=C\C1C[C@H](O)C[C@H]2CC[C@H]3[C@@H]4CCC[C@@]4(C)CC[C@@H]3[C@@]12C. The number of aliphatic hydroxyl groups excluding tert-OH is 1. The Hall–Kier alpha value is -0.870. The highest BCUT2D eigenvalue weighted by Crippen LogP contribution is 2.67. The van der Waals surface area contributed by atoms with E-state index < -0.39 is 0 Å². The van der Waals surface area contributed by atoms with E-state index in [9.17, 15) is 5.11 Å². The molecule has 164 valence electrons. The van der Waals surface area contributed by atoms with Crippen LogP contribution in [0.15, 0.2) is 16.8 Å². The Morgan fingerprint density at radius 2 is 1.97 bits per heavy atom. The van der Waals surface area contributed by atoms with E-state index in [2.05, 4.69) is 32.0 Å². The maximum atomic E-state index is 10.7. The number of nitrogens with zero attached hydrogens (tertiary/aromatic N) is 1. The molecule has 4 nitrogen and oxygen atoms in total. The number of hydrogen-bond acceptors (Lipinski definition) is 4. The van der Waals surface area contributed by atoms with Gasteiger partial charge in [-0.1, -0.05) is 31.5 Å². The Morgan fingerprint density at radius 3 is 2.76 bits per heavy atom. The predicted octanol–water partition coefficient (Wildman–Crippen LogP) is 4.91. The molecule has 4 aliphatic carbocycles. The quantitative estimate of drug-likeness (QED) is 0.390. The van der Waals surface area contributed by atoms with Crippen LogP contribution >= 0.6 is 0 Å². The third-order valence-corrected chi connectivity index (χ3v) is 9.63. The first-order valence-corrected chi connectivity index (χ1v) is 12.1. The van der Waals surface area contributed by atoms with Crippen LogP contribution in [0.25, 0.3) is 0 Å². The zero-order chi connectivity index (χ0) is 20.6. The Morgan fingerprint density at radius 1 is 1.14 bits per heavy atom. The molecule has 8 atom stereocenters. The van der Waals surface area contributed by atoms with Gasteiger partial charge >= 0.3 is 0 Å². The molecule has 0 aromatic heterocycles. The van der Waals surface area contributed by atoms with E-state index >= 15 is 0 Å². The maximum absolute atomic E-state index is 10.7. The van der Waals surface area contributed by atoms with E-state index in [1.54, 1.807) is 0 Å². The average molecular weight is 403 g/mol. The van der Waals surface area contributed by atoms with Crippen molar-refractivity contribution in [3.05, 3.63) is 11.6 Å². The van der Waals surface area contributed by atoms with E-state index in [0.717, 1.165) is 36.2 Å². The smallest absolute Gasteiger partial charge is 0.129 e. The highest BCUT2D eigenvalue weighted by atomic mass is 16.6. The average Bonchev–Trinajstić information content (AvgIpc) is 3.08. The van der Waals surface area contributed by atoms with E-state index in [0.29, 0.717) is 35.8 Å². The molecule has 0 radical (unpaired) electrons. The van der Waals surface area contributed by atoms with Gasteiger partial charge in [0.15, 0.2) is 0 Å². The number of nitrogens with two attached hydrogens (primary N) is 1. The number of fused-ring (bicyclic) bond motifs is 5. The molecule has 0 bridgehead atoms. The third kappa shape index (κ3) is 3.80. The molecule has 0 aromatic carbocycles. The van der Waals surface area contributed by atoms with Gasteiger partial charge in [-0.05, 0) is 104 Å². The zero-order valence-corrected chi connectivity index (χ0v) is 18.8. The summed E-state index contributed by atoms with van der Waals surface area (Å²) < 4.78 is 0. The molecule has 0 spiro atoms. The first-order chi connectivity index (χ1) is 13.9. The van der Waals surface area contributed by atoms with Crippen molar-refractivity contribution >= 4 is 6.21 Å². The summed E-state index contributed by atoms with van der Waals surface area (Å²) >= 11 is 0. The van der Waals surface area contributed by atoms with Crippen LogP contribution in [0.4, 0.5) is 0 Å². The Labute approximate surface area is 177 Å². The van der Waals surface area contributed by atoms with Crippen LogP contribution in [0, 0.1) is 40.4 Å². The van der Waals surface area contributed by atoms with E-state index in [-0.39, 0.29) is 6.10 Å². The highest BCUT2D eigenvalue weighted by molar-refractivity contribution is 5.77. The molecule has 0 amide bonds. The Balaban J connectivity index is 1.59. The van der Waals surface area contributed by atoms with Crippen molar-refractivity contribution in [2.45, 2.75) is 84.7 Å². The molecule has 0 aliphatic heterocycles. The lowest BCUT2D eigenvalue weighted by Gasteiger charge is -2.62. The molecule has 0 aromatic rings. The highest BCUT2D eigenvalue weighted by Gasteiger charge is 2.60. The molecule has 4 saturated carbocycles. The largest absolute Gasteiger partial charge is 0.394 e. The van der Waals surface area contributed by atoms with Gasteiger partial charge in [0.05, 0.1) is 12.3 Å². The third-order valence-electron chi connectivity index (χ3n) is 9.63. The summed E-state index contributed by atoms with van der Waals surface area (Å²) in [5, 5.41) is 14.7. The lowest BCUT2D eigenvalue weighted by atomic mass is 9.42. The number of allylic oxidation sites excluding steroid dienone is 2. The van der Waals surface area contributed by atoms with Crippen molar-refractivity contribution in [2.24, 2.45) is 51.3 Å². The van der Waals surface area contributed by atoms with Crippen LogP contribution in [0.2, 0.25) is 0 Å². The molecule has 4 aliphatic rings. The number of hydrogen-bond donors (Lipinski definition) is 2. The Kier molecular flexibility index (Phi) is 6.14. The fraction of sp³-hybridized carbons (Fsp3) is 0.880. The fourth-order valence-electron chi connectivity index (χ4n) is 8.22. The first kappa shape index (κ1) is 21.4. The summed E-state index contributed by atoms with van der Waals surface area (Å²) in [5.41, 5.74) is 7.52. The molecule has 0 saturated heterocycles. The van der Waals surface area contributed by atoms with E-state index in [4.69, 9.17) is 10.6 Å². The Bertz CT molecular complexity index is 647. The molecule has 4 fully saturated rings. The van der Waals surface area contributed by atoms with Crippen molar-refractivity contribution in [2.75, 3.05) is 13.2 Å². The lowest BCUT2D eigenvalue weighted by Crippen LogP contribution is -2.56. The van der Waals surface area contributed by atoms with Crippen molar-refractivity contribution in [3.63, 3.8) is 0 Å². The van der Waals surface area contributed by atoms with Crippen LogP contribution in [0.5, 0.6) is 0 Å². The second-order valence-corrected chi connectivity index (χ2v) is 11.1. The van der Waals surface area contributed by atoms with Crippen molar-refractivity contribution in [1.82, 2.24) is 0 Å². The second kappa shape index (κ2) is 8.34. The van der Waals surface area contributed by atoms with Gasteiger partial charge < -0.3 is 15.7 Å². The topological polar surface area (TPSA) is 67.8 Å². The number of rotatable bonds is 5. The molecule has 29 heavy (non-hydrogen) atoms. The molecule has 4 heteroatoms. The number of oxime groups is 1. The monoisotopic (exact) mass is 402 g/mol. The van der Waals surface area contributed by atoms with E-state index in [1.807, 2.05) is 6.21 Å². The van der Waals surface area contributed by atoms with E-state index in [1.165, 1.54) is 44.9 Å². The van der Waals surface area contributed by atoms with Crippen molar-refractivity contribution < 1.29 is 9.94 Å². The second-order valence-electron chi connectivity index (χ2n) is 11.1. The maximum Gasteiger partial charge on any atom is 0.129 e. The molecular weight excluding hydrogens is 360 g/mol. The standard InChI is InChI=1S/C25H42N2O2/c1-17(16-27-29-12-11-26)13-19-15-20(28)14-18-6-7-21-22-5-4-9-24(22,2)10-8-23(21)25(18,19)3/h13,16,18-23,28H,4-12,14-15,26H2,1-3H3/b17-13+,27-16+/t18-,19?,20-,21+,22+,23+,24+,25-/m1/s1. The van der Waals surface area contributed by atoms with Gasteiger partial charge in [0.1, 0.15) is 6.61 Å². The molecule has 3 N–H and O–H groups in total. The minimum Gasteiger partial charge on any atom is -0.394 e. The van der Waals surface area contributed by atoms with Gasteiger partial charge in [-0.2, -0.15) is 0 Å². The molecular formula is C25H42N2O2. The summed E-state index contributed by atoms with van der Waals surface area (Å²) in [6.45, 7) is 8.21. The number of aliphatic hydroxyl groups is 1. The lowest BCUT2D eigenvalue weighted by molar-refractivity contribution is -0.141. The summed E-state index contributed by atoms with van der Waals surface area (Å²) in [6, 6.07) is 0. The van der Waals surface area contributed by atoms with Gasteiger partial charge in [0.2, 0.25) is 0 Å². The van der Waals surface area contributed by atoms with Gasteiger partial charge in [0, 0.05) is 6.54 Å². The van der Waals surface area contributed by atoms with Crippen LogP contribution < -0.4 is 5.73 Å². The van der Waals surface area contributed by atoms with Crippen LogP contribution in [0.1, 0.15) is 78.6 Å². The molecule has 0 heterocycles. The summed E-state index contributed by atoms with van der Waals surface area (Å²) in [4.78, 5) is 5.19. The van der Waals surface area contributed by atoms with Crippen LogP contribution in [-0.2, 0) is 4.84 Å². The minimum absolute atomic E-state index is 0.163. The van der Waals surface area contributed by atoms with Gasteiger partial charge in [-0.25, -0.2) is 0 Å².